The smallest absolute Gasteiger partial charge is 0.0587 e. The van der Waals surface area contributed by atoms with E-state index in [0.717, 1.165) is 32.6 Å². The summed E-state index contributed by atoms with van der Waals surface area (Å²) in [5.74, 6) is 0.611. The van der Waals surface area contributed by atoms with Gasteiger partial charge in [0.2, 0.25) is 0 Å². The molecule has 0 saturated carbocycles. The van der Waals surface area contributed by atoms with Gasteiger partial charge < -0.3 is 15.2 Å². The molecular formula is C14H21NO2. The van der Waals surface area contributed by atoms with Gasteiger partial charge in [0.15, 0.2) is 0 Å². The number of nitrogens with one attached hydrogen (secondary N) is 1. The molecule has 94 valence electrons. The zero-order valence-corrected chi connectivity index (χ0v) is 10.1. The van der Waals surface area contributed by atoms with Crippen LogP contribution in [0.1, 0.15) is 12.0 Å². The van der Waals surface area contributed by atoms with Gasteiger partial charge >= 0.3 is 0 Å². The van der Waals surface area contributed by atoms with Crippen LogP contribution in [0.5, 0.6) is 0 Å². The molecule has 17 heavy (non-hydrogen) atoms. The summed E-state index contributed by atoms with van der Waals surface area (Å²) in [5.41, 5.74) is 1.27. The first kappa shape index (κ1) is 12.6. The molecule has 3 nitrogen and oxygen atoms in total. The Hall–Kier alpha value is -0.900. The Morgan fingerprint density at radius 1 is 1.35 bits per heavy atom. The normalized spacial score (nSPS) is 21.6. The van der Waals surface area contributed by atoms with Gasteiger partial charge in [0.05, 0.1) is 13.2 Å². The van der Waals surface area contributed by atoms with Gasteiger partial charge in [0, 0.05) is 19.2 Å². The van der Waals surface area contributed by atoms with E-state index in [4.69, 9.17) is 4.74 Å². The van der Waals surface area contributed by atoms with Crippen LogP contribution >= 0.6 is 0 Å². The van der Waals surface area contributed by atoms with Gasteiger partial charge in [-0.2, -0.15) is 0 Å². The van der Waals surface area contributed by atoms with Gasteiger partial charge in [0.25, 0.3) is 0 Å². The van der Waals surface area contributed by atoms with Gasteiger partial charge in [0.1, 0.15) is 0 Å². The van der Waals surface area contributed by atoms with Crippen LogP contribution in [0.25, 0.3) is 0 Å². The predicted molar refractivity (Wildman–Crippen MR) is 67.9 cm³/mol. The van der Waals surface area contributed by atoms with E-state index >= 15 is 0 Å². The van der Waals surface area contributed by atoms with Gasteiger partial charge in [-0.05, 0) is 24.3 Å². The summed E-state index contributed by atoms with van der Waals surface area (Å²) in [5, 5.41) is 12.8. The Morgan fingerprint density at radius 2 is 2.18 bits per heavy atom. The molecule has 1 aromatic rings. The van der Waals surface area contributed by atoms with Gasteiger partial charge in [-0.1, -0.05) is 30.3 Å². The third-order valence-corrected chi connectivity index (χ3v) is 3.26. The molecule has 2 atom stereocenters. The minimum absolute atomic E-state index is 0.151. The lowest BCUT2D eigenvalue weighted by atomic mass is 10.0. The lowest BCUT2D eigenvalue weighted by Crippen LogP contribution is -2.37. The number of ether oxygens (including phenoxy) is 1. The van der Waals surface area contributed by atoms with Crippen molar-refractivity contribution in [1.82, 2.24) is 5.32 Å². The quantitative estimate of drug-likeness (QED) is 0.779. The Balaban J connectivity index is 1.76. The first-order valence-corrected chi connectivity index (χ1v) is 6.34. The maximum absolute atomic E-state index is 9.37. The number of hydrogen-bond acceptors (Lipinski definition) is 3. The van der Waals surface area contributed by atoms with Crippen molar-refractivity contribution in [2.24, 2.45) is 5.92 Å². The minimum atomic E-state index is 0.151. The molecule has 1 aliphatic rings. The van der Waals surface area contributed by atoms with Crippen LogP contribution < -0.4 is 5.32 Å². The zero-order chi connectivity index (χ0) is 11.9. The van der Waals surface area contributed by atoms with Crippen LogP contribution in [-0.2, 0) is 11.2 Å². The second kappa shape index (κ2) is 6.74. The van der Waals surface area contributed by atoms with E-state index in [1.54, 1.807) is 0 Å². The fourth-order valence-electron chi connectivity index (χ4n) is 2.18. The Kier molecular flexibility index (Phi) is 4.98. The largest absolute Gasteiger partial charge is 0.395 e. The molecule has 0 amide bonds. The lowest BCUT2D eigenvalue weighted by molar-refractivity contribution is 0.181. The van der Waals surface area contributed by atoms with E-state index in [0.29, 0.717) is 5.92 Å². The van der Waals surface area contributed by atoms with Gasteiger partial charge in [-0.25, -0.2) is 0 Å². The third-order valence-electron chi connectivity index (χ3n) is 3.26. The van der Waals surface area contributed by atoms with Crippen molar-refractivity contribution in [2.45, 2.75) is 18.9 Å². The van der Waals surface area contributed by atoms with Crippen LogP contribution in [0.2, 0.25) is 0 Å². The van der Waals surface area contributed by atoms with Crippen LogP contribution in [0.15, 0.2) is 30.3 Å². The maximum atomic E-state index is 9.37. The highest BCUT2D eigenvalue weighted by molar-refractivity contribution is 5.15. The summed E-state index contributed by atoms with van der Waals surface area (Å²) in [6, 6.07) is 10.4. The fourth-order valence-corrected chi connectivity index (χ4v) is 2.18. The van der Waals surface area contributed by atoms with E-state index < -0.39 is 0 Å². The SMILES string of the molecule is OC[C@H](Cc1ccccc1)NCC1CCOC1. The van der Waals surface area contributed by atoms with Crippen LogP contribution in [0.4, 0.5) is 0 Å². The van der Waals surface area contributed by atoms with Crippen LogP contribution in [0, 0.1) is 5.92 Å². The maximum Gasteiger partial charge on any atom is 0.0587 e. The highest BCUT2D eigenvalue weighted by Gasteiger charge is 2.17. The molecule has 0 aliphatic carbocycles. The van der Waals surface area contributed by atoms with E-state index in [9.17, 15) is 5.11 Å². The van der Waals surface area contributed by atoms with Crippen molar-refractivity contribution >= 4 is 0 Å². The minimum Gasteiger partial charge on any atom is -0.395 e. The van der Waals surface area contributed by atoms with Crippen molar-refractivity contribution < 1.29 is 9.84 Å². The number of benzene rings is 1. The van der Waals surface area contributed by atoms with E-state index in [-0.39, 0.29) is 12.6 Å². The predicted octanol–water partition coefficient (Wildman–Crippen LogP) is 1.22. The number of rotatable bonds is 6. The zero-order valence-electron chi connectivity index (χ0n) is 10.1. The average molecular weight is 235 g/mol. The Bertz CT molecular complexity index is 309. The molecule has 1 saturated heterocycles. The summed E-state index contributed by atoms with van der Waals surface area (Å²) in [6.45, 7) is 2.87. The molecule has 1 heterocycles. The molecule has 1 aliphatic heterocycles. The Labute approximate surface area is 103 Å². The van der Waals surface area contributed by atoms with Crippen molar-refractivity contribution in [2.75, 3.05) is 26.4 Å². The van der Waals surface area contributed by atoms with Crippen molar-refractivity contribution in [3.63, 3.8) is 0 Å². The summed E-state index contributed by atoms with van der Waals surface area (Å²) in [6.07, 6.45) is 2.02. The molecule has 1 unspecified atom stereocenters. The van der Waals surface area contributed by atoms with E-state index in [1.165, 1.54) is 5.56 Å². The molecule has 3 heteroatoms. The second-order valence-electron chi connectivity index (χ2n) is 4.71. The molecule has 2 N–H and O–H groups in total. The standard InChI is InChI=1S/C14H21NO2/c16-10-14(8-12-4-2-1-3-5-12)15-9-13-6-7-17-11-13/h1-5,13-16H,6-11H2/t13?,14-/m0/s1. The van der Waals surface area contributed by atoms with E-state index in [2.05, 4.69) is 17.4 Å². The fraction of sp³-hybridized carbons (Fsp3) is 0.571. The third kappa shape index (κ3) is 4.11. The molecular weight excluding hydrogens is 214 g/mol. The first-order valence-electron chi connectivity index (χ1n) is 6.34. The highest BCUT2D eigenvalue weighted by atomic mass is 16.5. The van der Waals surface area contributed by atoms with Crippen molar-refractivity contribution in [1.29, 1.82) is 0 Å². The summed E-state index contributed by atoms with van der Waals surface area (Å²) >= 11 is 0. The summed E-state index contributed by atoms with van der Waals surface area (Å²) in [7, 11) is 0. The second-order valence-corrected chi connectivity index (χ2v) is 4.71. The van der Waals surface area contributed by atoms with Crippen LogP contribution in [-0.4, -0.2) is 37.5 Å². The summed E-state index contributed by atoms with van der Waals surface area (Å²) < 4.78 is 5.34. The molecule has 0 bridgehead atoms. The topological polar surface area (TPSA) is 41.5 Å². The number of aliphatic hydroxyl groups is 1. The lowest BCUT2D eigenvalue weighted by Gasteiger charge is -2.18. The molecule has 2 rings (SSSR count). The monoisotopic (exact) mass is 235 g/mol. The highest BCUT2D eigenvalue weighted by Crippen LogP contribution is 2.11. The van der Waals surface area contributed by atoms with Crippen molar-refractivity contribution in [3.8, 4) is 0 Å². The molecule has 0 aromatic heterocycles. The molecule has 0 radical (unpaired) electrons. The molecule has 0 spiro atoms. The Morgan fingerprint density at radius 3 is 2.82 bits per heavy atom. The van der Waals surface area contributed by atoms with Gasteiger partial charge in [-0.3, -0.25) is 0 Å². The number of aliphatic hydroxyl groups excluding tert-OH is 1. The number of hydrogen-bond donors (Lipinski definition) is 2. The first-order chi connectivity index (χ1) is 8.38. The van der Waals surface area contributed by atoms with Gasteiger partial charge in [-0.15, -0.1) is 0 Å². The summed E-state index contributed by atoms with van der Waals surface area (Å²) in [4.78, 5) is 0. The average Bonchev–Trinajstić information content (AvgIpc) is 2.89. The molecule has 1 aromatic carbocycles. The van der Waals surface area contributed by atoms with Crippen LogP contribution in [0.3, 0.4) is 0 Å². The van der Waals surface area contributed by atoms with Crippen molar-refractivity contribution in [3.05, 3.63) is 35.9 Å². The van der Waals surface area contributed by atoms with E-state index in [1.807, 2.05) is 18.2 Å². The molecule has 1 fully saturated rings.